The van der Waals surface area contributed by atoms with Crippen molar-refractivity contribution in [2.75, 3.05) is 0 Å². The lowest BCUT2D eigenvalue weighted by Gasteiger charge is -2.12. The zero-order valence-electron chi connectivity index (χ0n) is 14.1. The topological polar surface area (TPSA) is 100 Å². The van der Waals surface area contributed by atoms with Crippen molar-refractivity contribution < 1.29 is 0 Å². The second-order valence-corrected chi connectivity index (χ2v) is 6.30. The monoisotopic (exact) mass is 345 g/mol. The van der Waals surface area contributed by atoms with E-state index >= 15 is 0 Å². The molecule has 26 heavy (non-hydrogen) atoms. The van der Waals surface area contributed by atoms with Crippen LogP contribution in [0.1, 0.15) is 23.9 Å². The highest BCUT2D eigenvalue weighted by molar-refractivity contribution is 5.83. The fraction of sp³-hybridized carbons (Fsp3) is 0.150. The number of rotatable bonds is 5. The van der Waals surface area contributed by atoms with Crippen molar-refractivity contribution in [3.8, 4) is 11.1 Å². The van der Waals surface area contributed by atoms with Gasteiger partial charge in [-0.1, -0.05) is 36.4 Å². The van der Waals surface area contributed by atoms with Crippen LogP contribution in [0.4, 0.5) is 0 Å². The molecule has 0 aliphatic heterocycles. The molecule has 0 spiro atoms. The fourth-order valence-electron chi connectivity index (χ4n) is 3.02. The Labute approximate surface area is 150 Å². The maximum Gasteiger partial charge on any atom is 0.258 e. The molecule has 6 heteroatoms. The summed E-state index contributed by atoms with van der Waals surface area (Å²) in [5.41, 5.74) is 9.79. The molecule has 4 rings (SSSR count). The molecular weight excluding hydrogens is 326 g/mol. The number of fused-ring (bicyclic) bond motifs is 1. The lowest BCUT2D eigenvalue weighted by molar-refractivity contribution is 0.613. The summed E-state index contributed by atoms with van der Waals surface area (Å²) in [6, 6.07) is 15.4. The van der Waals surface area contributed by atoms with Crippen LogP contribution in [-0.2, 0) is 6.42 Å². The summed E-state index contributed by atoms with van der Waals surface area (Å²) < 4.78 is 0. The van der Waals surface area contributed by atoms with E-state index in [2.05, 4.69) is 32.3 Å². The average molecular weight is 345 g/mol. The summed E-state index contributed by atoms with van der Waals surface area (Å²) in [5.74, 6) is 0.523. The van der Waals surface area contributed by atoms with Crippen LogP contribution < -0.4 is 11.3 Å². The molecule has 0 radical (unpaired) electrons. The Morgan fingerprint density at radius 1 is 1.08 bits per heavy atom. The molecule has 0 saturated heterocycles. The maximum absolute atomic E-state index is 12.5. The van der Waals surface area contributed by atoms with Gasteiger partial charge in [0.2, 0.25) is 0 Å². The zero-order valence-corrected chi connectivity index (χ0v) is 14.1. The Morgan fingerprint density at radius 3 is 2.69 bits per heavy atom. The van der Waals surface area contributed by atoms with E-state index < -0.39 is 0 Å². The van der Waals surface area contributed by atoms with Crippen molar-refractivity contribution in [3.05, 3.63) is 82.7 Å². The van der Waals surface area contributed by atoms with Crippen molar-refractivity contribution in [2.45, 2.75) is 18.9 Å². The van der Waals surface area contributed by atoms with Gasteiger partial charge in [0.15, 0.2) is 0 Å². The standard InChI is InChI=1S/C20H19N5O/c21-17(8-6-13-4-2-1-3-5-13)19-24-18-9-7-14(15-11-22-23-12-15)10-16(18)20(26)25-19/h1-5,7,9-12,17H,6,8,21H2,(H,22,23)(H,24,25,26). The van der Waals surface area contributed by atoms with Crippen molar-refractivity contribution in [2.24, 2.45) is 5.73 Å². The molecule has 0 saturated carbocycles. The molecule has 0 fully saturated rings. The summed E-state index contributed by atoms with van der Waals surface area (Å²) in [7, 11) is 0. The second kappa shape index (κ2) is 6.93. The van der Waals surface area contributed by atoms with Gasteiger partial charge >= 0.3 is 0 Å². The molecule has 1 atom stereocenters. The van der Waals surface area contributed by atoms with E-state index in [9.17, 15) is 4.79 Å². The van der Waals surface area contributed by atoms with Crippen molar-refractivity contribution >= 4 is 10.9 Å². The third-order valence-corrected chi connectivity index (χ3v) is 4.49. The van der Waals surface area contributed by atoms with E-state index in [1.54, 1.807) is 12.4 Å². The van der Waals surface area contributed by atoms with Gasteiger partial charge in [-0.15, -0.1) is 0 Å². The maximum atomic E-state index is 12.5. The molecule has 1 unspecified atom stereocenters. The Hall–Kier alpha value is -3.25. The molecule has 0 amide bonds. The van der Waals surface area contributed by atoms with Crippen LogP contribution in [0.2, 0.25) is 0 Å². The highest BCUT2D eigenvalue weighted by Crippen LogP contribution is 2.22. The smallest absolute Gasteiger partial charge is 0.258 e. The number of aromatic nitrogens is 4. The minimum absolute atomic E-state index is 0.175. The predicted octanol–water partition coefficient (Wildman–Crippen LogP) is 2.95. The van der Waals surface area contributed by atoms with E-state index in [4.69, 9.17) is 5.73 Å². The molecule has 2 heterocycles. The normalized spacial score (nSPS) is 12.3. The van der Waals surface area contributed by atoms with Crippen LogP contribution in [0.25, 0.3) is 22.0 Å². The Bertz CT molecular complexity index is 1070. The molecule has 2 aromatic carbocycles. The fourth-order valence-corrected chi connectivity index (χ4v) is 3.02. The number of aryl methyl sites for hydroxylation is 1. The molecule has 130 valence electrons. The van der Waals surface area contributed by atoms with Crippen molar-refractivity contribution in [1.29, 1.82) is 0 Å². The van der Waals surface area contributed by atoms with Gasteiger partial charge in [-0.05, 0) is 36.1 Å². The van der Waals surface area contributed by atoms with Gasteiger partial charge in [0.05, 0.1) is 23.1 Å². The minimum atomic E-state index is -0.319. The number of nitrogens with two attached hydrogens (primary N) is 1. The highest BCUT2D eigenvalue weighted by Gasteiger charge is 2.12. The van der Waals surface area contributed by atoms with Crippen LogP contribution in [0.15, 0.2) is 65.7 Å². The first-order chi connectivity index (χ1) is 12.7. The summed E-state index contributed by atoms with van der Waals surface area (Å²) in [5, 5.41) is 7.26. The van der Waals surface area contributed by atoms with E-state index in [1.165, 1.54) is 5.56 Å². The predicted molar refractivity (Wildman–Crippen MR) is 102 cm³/mol. The average Bonchev–Trinajstić information content (AvgIpc) is 3.21. The number of H-pyrrole nitrogens is 2. The van der Waals surface area contributed by atoms with E-state index in [0.717, 1.165) is 17.5 Å². The number of benzene rings is 2. The third-order valence-electron chi connectivity index (χ3n) is 4.49. The van der Waals surface area contributed by atoms with E-state index in [-0.39, 0.29) is 11.6 Å². The number of nitrogens with one attached hydrogen (secondary N) is 2. The van der Waals surface area contributed by atoms with Crippen molar-refractivity contribution in [1.82, 2.24) is 20.2 Å². The Kier molecular flexibility index (Phi) is 4.33. The van der Waals surface area contributed by atoms with E-state index in [1.807, 2.05) is 36.4 Å². The molecular formula is C20H19N5O. The van der Waals surface area contributed by atoms with E-state index in [0.29, 0.717) is 23.1 Å². The summed E-state index contributed by atoms with van der Waals surface area (Å²) in [6.45, 7) is 0. The van der Waals surface area contributed by atoms with Crippen LogP contribution in [-0.4, -0.2) is 20.2 Å². The third kappa shape index (κ3) is 3.27. The molecule has 2 aromatic heterocycles. The van der Waals surface area contributed by atoms with Gasteiger partial charge < -0.3 is 10.7 Å². The first-order valence-electron chi connectivity index (χ1n) is 8.53. The van der Waals surface area contributed by atoms with Crippen LogP contribution in [0, 0.1) is 0 Å². The number of aromatic amines is 2. The Balaban J connectivity index is 1.60. The molecule has 4 N–H and O–H groups in total. The van der Waals surface area contributed by atoms with Gasteiger partial charge in [0, 0.05) is 11.8 Å². The molecule has 4 aromatic rings. The van der Waals surface area contributed by atoms with Crippen molar-refractivity contribution in [3.63, 3.8) is 0 Å². The number of hydrogen-bond donors (Lipinski definition) is 3. The number of hydrogen-bond acceptors (Lipinski definition) is 4. The quantitative estimate of drug-likeness (QED) is 0.518. The first-order valence-corrected chi connectivity index (χ1v) is 8.53. The zero-order chi connectivity index (χ0) is 17.9. The van der Waals surface area contributed by atoms with Gasteiger partial charge in [0.25, 0.3) is 5.56 Å². The highest BCUT2D eigenvalue weighted by atomic mass is 16.1. The summed E-state index contributed by atoms with van der Waals surface area (Å²) in [6.07, 6.45) is 5.06. The molecule has 0 bridgehead atoms. The largest absolute Gasteiger partial charge is 0.321 e. The molecule has 0 aliphatic rings. The van der Waals surface area contributed by atoms with Gasteiger partial charge in [-0.3, -0.25) is 9.89 Å². The lowest BCUT2D eigenvalue weighted by Crippen LogP contribution is -2.20. The molecule has 6 nitrogen and oxygen atoms in total. The second-order valence-electron chi connectivity index (χ2n) is 6.30. The van der Waals surface area contributed by atoms with Crippen LogP contribution in [0.3, 0.4) is 0 Å². The van der Waals surface area contributed by atoms with Gasteiger partial charge in [0.1, 0.15) is 5.82 Å². The van der Waals surface area contributed by atoms with Crippen LogP contribution >= 0.6 is 0 Å². The van der Waals surface area contributed by atoms with Crippen LogP contribution in [0.5, 0.6) is 0 Å². The van der Waals surface area contributed by atoms with Gasteiger partial charge in [-0.2, -0.15) is 5.10 Å². The lowest BCUT2D eigenvalue weighted by atomic mass is 10.0. The first kappa shape index (κ1) is 16.2. The number of nitrogens with zero attached hydrogens (tertiary/aromatic N) is 2. The Morgan fingerprint density at radius 2 is 1.92 bits per heavy atom. The SMILES string of the molecule is NC(CCc1ccccc1)c1nc2ccc(-c3cn[nH]c3)cc2c(=O)[nH]1. The van der Waals surface area contributed by atoms with Gasteiger partial charge in [-0.25, -0.2) is 4.98 Å². The summed E-state index contributed by atoms with van der Waals surface area (Å²) >= 11 is 0. The minimum Gasteiger partial charge on any atom is -0.321 e. The molecule has 0 aliphatic carbocycles. The summed E-state index contributed by atoms with van der Waals surface area (Å²) in [4.78, 5) is 19.9.